The molecule has 1 amide bonds. The van der Waals surface area contributed by atoms with Crippen molar-refractivity contribution in [2.75, 3.05) is 20.2 Å². The number of fused-ring (bicyclic) bond motifs is 1. The Hall–Kier alpha value is -3.12. The average molecular weight is 435 g/mol. The Bertz CT molecular complexity index is 1030. The van der Waals surface area contributed by atoms with Crippen LogP contribution in [0.15, 0.2) is 60.8 Å². The first-order valence-electron chi connectivity index (χ1n) is 11.2. The van der Waals surface area contributed by atoms with Gasteiger partial charge in [0, 0.05) is 24.7 Å². The molecule has 2 aromatic carbocycles. The number of amides is 1. The summed E-state index contributed by atoms with van der Waals surface area (Å²) < 4.78 is 10.8. The Morgan fingerprint density at radius 3 is 2.69 bits per heavy atom. The molecule has 1 atom stereocenters. The van der Waals surface area contributed by atoms with E-state index in [0.717, 1.165) is 47.0 Å². The van der Waals surface area contributed by atoms with Gasteiger partial charge in [0.05, 0.1) is 18.7 Å². The lowest BCUT2D eigenvalue weighted by Gasteiger charge is -2.32. The Labute approximate surface area is 188 Å². The molecule has 1 fully saturated rings. The number of likely N-dealkylation sites (tertiary alicyclic amines) is 1. The van der Waals surface area contributed by atoms with Gasteiger partial charge in [-0.25, -0.2) is 4.79 Å². The topological polar surface area (TPSA) is 71.9 Å². The average Bonchev–Trinajstić information content (AvgIpc) is 2.83. The van der Waals surface area contributed by atoms with Crippen molar-refractivity contribution in [3.05, 3.63) is 71.9 Å². The summed E-state index contributed by atoms with van der Waals surface area (Å²) in [5.74, 6) is 1.18. The highest BCUT2D eigenvalue weighted by Crippen LogP contribution is 2.27. The second-order valence-corrected chi connectivity index (χ2v) is 8.42. The number of methoxy groups -OCH3 is 1. The van der Waals surface area contributed by atoms with Gasteiger partial charge in [0.25, 0.3) is 0 Å². The molecule has 0 radical (unpaired) electrons. The molecule has 4 rings (SSSR count). The minimum Gasteiger partial charge on any atom is -0.497 e. The van der Waals surface area contributed by atoms with Crippen LogP contribution >= 0.6 is 0 Å². The van der Waals surface area contributed by atoms with E-state index < -0.39 is 6.10 Å². The van der Waals surface area contributed by atoms with Crippen molar-refractivity contribution in [1.29, 1.82) is 0 Å². The molecule has 3 aromatic rings. The molecule has 168 valence electrons. The number of hydrogen-bond acceptors (Lipinski definition) is 5. The Kier molecular flexibility index (Phi) is 7.22. The number of benzene rings is 2. The summed E-state index contributed by atoms with van der Waals surface area (Å²) in [4.78, 5) is 18.5. The number of carbonyl (C=O) groups excluding carboxylic acids is 1. The third-order valence-corrected chi connectivity index (χ3v) is 6.18. The number of rotatable bonds is 7. The maximum atomic E-state index is 12.4. The molecule has 32 heavy (non-hydrogen) atoms. The molecule has 0 spiro atoms. The van der Waals surface area contributed by atoms with E-state index in [0.29, 0.717) is 32.0 Å². The van der Waals surface area contributed by atoms with Crippen molar-refractivity contribution >= 4 is 17.0 Å². The molecular weight excluding hydrogens is 404 g/mol. The number of piperidine rings is 1. The Morgan fingerprint density at radius 2 is 1.94 bits per heavy atom. The predicted octanol–water partition coefficient (Wildman–Crippen LogP) is 4.59. The first-order chi connectivity index (χ1) is 15.6. The third-order valence-electron chi connectivity index (χ3n) is 6.18. The number of aliphatic hydroxyl groups excluding tert-OH is 1. The van der Waals surface area contributed by atoms with Crippen LogP contribution in [0.2, 0.25) is 0 Å². The molecule has 0 saturated carbocycles. The quantitative estimate of drug-likeness (QED) is 0.589. The lowest BCUT2D eigenvalue weighted by atomic mass is 9.89. The maximum absolute atomic E-state index is 12.4. The molecule has 1 aromatic heterocycles. The summed E-state index contributed by atoms with van der Waals surface area (Å²) in [6, 6.07) is 17.5. The monoisotopic (exact) mass is 434 g/mol. The number of pyridine rings is 1. The minimum atomic E-state index is -0.437. The van der Waals surface area contributed by atoms with E-state index in [1.54, 1.807) is 18.2 Å². The van der Waals surface area contributed by atoms with Crippen molar-refractivity contribution in [2.24, 2.45) is 5.92 Å². The fourth-order valence-electron chi connectivity index (χ4n) is 4.37. The van der Waals surface area contributed by atoms with Crippen LogP contribution in [0, 0.1) is 5.92 Å². The van der Waals surface area contributed by atoms with Gasteiger partial charge in [-0.05, 0) is 67.0 Å². The Morgan fingerprint density at radius 1 is 1.16 bits per heavy atom. The minimum absolute atomic E-state index is 0.259. The van der Waals surface area contributed by atoms with Crippen LogP contribution in [-0.2, 0) is 17.8 Å². The lowest BCUT2D eigenvalue weighted by Crippen LogP contribution is -2.39. The molecule has 0 bridgehead atoms. The number of aliphatic hydroxyl groups is 1. The molecule has 6 heteroatoms. The fourth-order valence-corrected chi connectivity index (χ4v) is 4.37. The molecule has 1 aliphatic rings. The molecule has 1 N–H and O–H groups in total. The lowest BCUT2D eigenvalue weighted by molar-refractivity contribution is 0.0721. The first kappa shape index (κ1) is 22.1. The van der Waals surface area contributed by atoms with Crippen LogP contribution in [0.3, 0.4) is 0 Å². The van der Waals surface area contributed by atoms with Crippen LogP contribution in [0.5, 0.6) is 5.75 Å². The van der Waals surface area contributed by atoms with Gasteiger partial charge in [0.1, 0.15) is 12.4 Å². The van der Waals surface area contributed by atoms with Crippen LogP contribution in [0.4, 0.5) is 4.79 Å². The van der Waals surface area contributed by atoms with Crippen LogP contribution in [-0.4, -0.2) is 47.4 Å². The van der Waals surface area contributed by atoms with Crippen molar-refractivity contribution in [3.8, 4) is 5.75 Å². The summed E-state index contributed by atoms with van der Waals surface area (Å²) in [7, 11) is 1.65. The summed E-state index contributed by atoms with van der Waals surface area (Å²) in [5.41, 5.74) is 2.96. The number of ether oxygens (including phenoxy) is 2. The van der Waals surface area contributed by atoms with Gasteiger partial charge < -0.3 is 19.5 Å². The van der Waals surface area contributed by atoms with Gasteiger partial charge in [0.2, 0.25) is 0 Å². The second-order valence-electron chi connectivity index (χ2n) is 8.42. The summed E-state index contributed by atoms with van der Waals surface area (Å²) in [5, 5.41) is 11.8. The number of hydrogen-bond donors (Lipinski definition) is 1. The molecule has 1 saturated heterocycles. The number of nitrogens with zero attached hydrogens (tertiary/aromatic N) is 2. The Balaban J connectivity index is 1.26. The van der Waals surface area contributed by atoms with E-state index in [-0.39, 0.29) is 6.09 Å². The van der Waals surface area contributed by atoms with Crippen molar-refractivity contribution < 1.29 is 19.4 Å². The predicted molar refractivity (Wildman–Crippen MR) is 124 cm³/mol. The van der Waals surface area contributed by atoms with Gasteiger partial charge in [-0.1, -0.05) is 30.3 Å². The van der Waals surface area contributed by atoms with Crippen molar-refractivity contribution in [1.82, 2.24) is 9.88 Å². The standard InChI is InChI=1S/C26H30N2O4/c1-31-23-7-8-25-24(17-23)21(9-12-27-25)16-22(29)15-19-10-13-28(14-11-19)26(30)32-18-20-5-3-2-4-6-20/h2-9,12,17,19,22,29H,10-11,13-16,18H2,1H3. The zero-order valence-corrected chi connectivity index (χ0v) is 18.4. The molecule has 1 aliphatic heterocycles. The van der Waals surface area contributed by atoms with Crippen LogP contribution < -0.4 is 4.74 Å². The van der Waals surface area contributed by atoms with E-state index in [1.165, 1.54) is 0 Å². The molecule has 0 aliphatic carbocycles. The fraction of sp³-hybridized carbons (Fsp3) is 0.385. The zero-order valence-electron chi connectivity index (χ0n) is 18.4. The molecule has 2 heterocycles. The van der Waals surface area contributed by atoms with Crippen molar-refractivity contribution in [2.45, 2.75) is 38.4 Å². The smallest absolute Gasteiger partial charge is 0.410 e. The SMILES string of the molecule is COc1ccc2nccc(CC(O)CC3CCN(C(=O)OCc4ccccc4)CC3)c2c1. The normalized spacial score (nSPS) is 15.5. The van der Waals surface area contributed by atoms with Gasteiger partial charge in [-0.2, -0.15) is 0 Å². The van der Waals surface area contributed by atoms with E-state index in [2.05, 4.69) is 4.98 Å². The summed E-state index contributed by atoms with van der Waals surface area (Å²) in [6.07, 6.45) is 4.14. The third kappa shape index (κ3) is 5.56. The summed E-state index contributed by atoms with van der Waals surface area (Å²) >= 11 is 0. The molecule has 1 unspecified atom stereocenters. The van der Waals surface area contributed by atoms with E-state index in [1.807, 2.05) is 54.6 Å². The summed E-state index contributed by atoms with van der Waals surface area (Å²) in [6.45, 7) is 1.63. The van der Waals surface area contributed by atoms with Crippen molar-refractivity contribution in [3.63, 3.8) is 0 Å². The van der Waals surface area contributed by atoms with Gasteiger partial charge in [0.15, 0.2) is 0 Å². The van der Waals surface area contributed by atoms with Crippen LogP contribution in [0.1, 0.15) is 30.4 Å². The molecule has 6 nitrogen and oxygen atoms in total. The molecular formula is C26H30N2O4. The highest BCUT2D eigenvalue weighted by molar-refractivity contribution is 5.83. The largest absolute Gasteiger partial charge is 0.497 e. The second kappa shape index (κ2) is 10.5. The van der Waals surface area contributed by atoms with Gasteiger partial charge in [-0.15, -0.1) is 0 Å². The van der Waals surface area contributed by atoms with Gasteiger partial charge in [-0.3, -0.25) is 4.98 Å². The maximum Gasteiger partial charge on any atom is 0.410 e. The highest BCUT2D eigenvalue weighted by Gasteiger charge is 2.25. The first-order valence-corrected chi connectivity index (χ1v) is 11.2. The number of carbonyl (C=O) groups is 1. The van der Waals surface area contributed by atoms with Crippen LogP contribution in [0.25, 0.3) is 10.9 Å². The highest BCUT2D eigenvalue weighted by atomic mass is 16.6. The van der Waals surface area contributed by atoms with Gasteiger partial charge >= 0.3 is 6.09 Å². The zero-order chi connectivity index (χ0) is 22.3. The van der Waals surface area contributed by atoms with E-state index in [4.69, 9.17) is 9.47 Å². The number of aromatic nitrogens is 1. The van der Waals surface area contributed by atoms with E-state index >= 15 is 0 Å². The van der Waals surface area contributed by atoms with E-state index in [9.17, 15) is 9.90 Å².